The molecule has 0 saturated carbocycles. The van der Waals surface area contributed by atoms with Crippen LogP contribution in [0.15, 0.2) is 180 Å². The molecule has 4 nitrogen and oxygen atoms in total. The molecule has 10 aromatic rings. The SMILES string of the molecule is c1ccc(-c2ccc(-c3ccc4c(c3)oc3cccc(-c5nc(-c6ccccc6)nc(-c6ccc7ccc8ccccc8c7c6)n5)c34)cc2)cc1. The summed E-state index contributed by atoms with van der Waals surface area (Å²) in [6, 6.07) is 61.1. The van der Waals surface area contributed by atoms with Gasteiger partial charge in [-0.25, -0.2) is 15.0 Å². The van der Waals surface area contributed by atoms with E-state index in [1.54, 1.807) is 0 Å². The fourth-order valence-electron chi connectivity index (χ4n) is 7.16. The molecule has 0 radical (unpaired) electrons. The van der Waals surface area contributed by atoms with Gasteiger partial charge in [-0.1, -0.05) is 152 Å². The number of rotatable bonds is 5. The van der Waals surface area contributed by atoms with E-state index in [1.807, 2.05) is 48.5 Å². The van der Waals surface area contributed by atoms with Gasteiger partial charge in [0.05, 0.1) is 0 Å². The molecule has 0 bridgehead atoms. The summed E-state index contributed by atoms with van der Waals surface area (Å²) in [4.78, 5) is 15.3. The van der Waals surface area contributed by atoms with Crippen LogP contribution in [0.2, 0.25) is 0 Å². The van der Waals surface area contributed by atoms with E-state index in [0.717, 1.165) is 49.8 Å². The summed E-state index contributed by atoms with van der Waals surface area (Å²) in [5.41, 5.74) is 9.01. The van der Waals surface area contributed by atoms with Crippen molar-refractivity contribution in [3.05, 3.63) is 176 Å². The molecule has 0 N–H and O–H groups in total. The maximum Gasteiger partial charge on any atom is 0.164 e. The molecule has 51 heavy (non-hydrogen) atoms. The van der Waals surface area contributed by atoms with E-state index in [-0.39, 0.29) is 0 Å². The van der Waals surface area contributed by atoms with Gasteiger partial charge in [-0.2, -0.15) is 0 Å². The first-order valence-corrected chi connectivity index (χ1v) is 17.1. The van der Waals surface area contributed by atoms with Gasteiger partial charge < -0.3 is 4.42 Å². The van der Waals surface area contributed by atoms with Crippen molar-refractivity contribution in [1.29, 1.82) is 0 Å². The summed E-state index contributed by atoms with van der Waals surface area (Å²) < 4.78 is 6.52. The molecule has 0 saturated heterocycles. The molecule has 0 amide bonds. The van der Waals surface area contributed by atoms with Crippen molar-refractivity contribution < 1.29 is 4.42 Å². The number of aromatic nitrogens is 3. The van der Waals surface area contributed by atoms with Gasteiger partial charge in [0.2, 0.25) is 0 Å². The minimum Gasteiger partial charge on any atom is -0.456 e. The van der Waals surface area contributed by atoms with E-state index in [4.69, 9.17) is 19.4 Å². The number of hydrogen-bond acceptors (Lipinski definition) is 4. The van der Waals surface area contributed by atoms with Crippen LogP contribution in [0.25, 0.3) is 99.9 Å². The lowest BCUT2D eigenvalue weighted by Crippen LogP contribution is -2.00. The molecule has 2 aromatic heterocycles. The fourth-order valence-corrected chi connectivity index (χ4v) is 7.16. The highest BCUT2D eigenvalue weighted by atomic mass is 16.3. The molecule has 2 heterocycles. The van der Waals surface area contributed by atoms with Crippen molar-refractivity contribution in [2.75, 3.05) is 0 Å². The van der Waals surface area contributed by atoms with E-state index >= 15 is 0 Å². The monoisotopic (exact) mass is 651 g/mol. The Labute approximate surface area is 294 Å². The highest BCUT2D eigenvalue weighted by Crippen LogP contribution is 2.39. The second-order valence-electron chi connectivity index (χ2n) is 12.8. The molecule has 0 aliphatic heterocycles. The second kappa shape index (κ2) is 11.9. The summed E-state index contributed by atoms with van der Waals surface area (Å²) in [6.45, 7) is 0. The van der Waals surface area contributed by atoms with Gasteiger partial charge in [0, 0.05) is 27.5 Å². The zero-order valence-corrected chi connectivity index (χ0v) is 27.5. The predicted octanol–water partition coefficient (Wildman–Crippen LogP) is 12.4. The molecular weight excluding hydrogens is 623 g/mol. The standard InChI is InChI=1S/C47H29N3O/c1-3-10-30(11-4-1)31-18-20-32(21-19-31)36-26-27-39-43(29-36)51-42-17-9-16-40(44(39)42)47-49-45(35-13-5-2-6-14-35)48-46(50-47)37-25-24-34-23-22-33-12-7-8-15-38(33)41(34)28-37/h1-29H. The van der Waals surface area contributed by atoms with Crippen LogP contribution in [0.4, 0.5) is 0 Å². The Bertz CT molecular complexity index is 2900. The Balaban J connectivity index is 1.12. The van der Waals surface area contributed by atoms with Crippen LogP contribution in [0.3, 0.4) is 0 Å². The zero-order valence-electron chi connectivity index (χ0n) is 27.5. The van der Waals surface area contributed by atoms with Gasteiger partial charge in [-0.3, -0.25) is 0 Å². The van der Waals surface area contributed by atoms with E-state index in [1.165, 1.54) is 32.7 Å². The van der Waals surface area contributed by atoms with Gasteiger partial charge in [-0.15, -0.1) is 0 Å². The van der Waals surface area contributed by atoms with E-state index in [9.17, 15) is 0 Å². The molecule has 0 unspecified atom stereocenters. The Morgan fingerprint density at radius 1 is 0.314 bits per heavy atom. The molecule has 238 valence electrons. The average Bonchev–Trinajstić information content (AvgIpc) is 3.59. The van der Waals surface area contributed by atoms with E-state index < -0.39 is 0 Å². The third-order valence-electron chi connectivity index (χ3n) is 9.74. The Hall–Kier alpha value is -6.91. The zero-order chi connectivity index (χ0) is 33.7. The minimum absolute atomic E-state index is 0.603. The molecule has 10 rings (SSSR count). The summed E-state index contributed by atoms with van der Waals surface area (Å²) in [6.07, 6.45) is 0. The van der Waals surface area contributed by atoms with E-state index in [0.29, 0.717) is 17.5 Å². The van der Waals surface area contributed by atoms with Crippen molar-refractivity contribution in [2.45, 2.75) is 0 Å². The van der Waals surface area contributed by atoms with Crippen LogP contribution in [0, 0.1) is 0 Å². The maximum atomic E-state index is 6.52. The first-order chi connectivity index (χ1) is 25.2. The topological polar surface area (TPSA) is 51.8 Å². The van der Waals surface area contributed by atoms with Crippen LogP contribution >= 0.6 is 0 Å². The van der Waals surface area contributed by atoms with Gasteiger partial charge >= 0.3 is 0 Å². The molecule has 0 spiro atoms. The van der Waals surface area contributed by atoms with Crippen LogP contribution in [0.5, 0.6) is 0 Å². The van der Waals surface area contributed by atoms with Crippen LogP contribution in [0.1, 0.15) is 0 Å². The Morgan fingerprint density at radius 2 is 0.882 bits per heavy atom. The number of fused-ring (bicyclic) bond motifs is 6. The number of nitrogens with zero attached hydrogens (tertiary/aromatic N) is 3. The number of furan rings is 1. The smallest absolute Gasteiger partial charge is 0.164 e. The lowest BCUT2D eigenvalue weighted by atomic mass is 9.99. The van der Waals surface area contributed by atoms with Gasteiger partial charge in [-0.05, 0) is 68.1 Å². The molecule has 0 fully saturated rings. The summed E-state index contributed by atoms with van der Waals surface area (Å²) >= 11 is 0. The third kappa shape index (κ3) is 5.13. The summed E-state index contributed by atoms with van der Waals surface area (Å²) in [5, 5.41) is 6.76. The van der Waals surface area contributed by atoms with Crippen molar-refractivity contribution in [1.82, 2.24) is 15.0 Å². The second-order valence-corrected chi connectivity index (χ2v) is 12.8. The molecular formula is C47H29N3O. The molecule has 0 aliphatic carbocycles. The van der Waals surface area contributed by atoms with Gasteiger partial charge in [0.1, 0.15) is 11.2 Å². The lowest BCUT2D eigenvalue weighted by Gasteiger charge is -2.10. The van der Waals surface area contributed by atoms with Gasteiger partial charge in [0.25, 0.3) is 0 Å². The fraction of sp³-hybridized carbons (Fsp3) is 0. The highest BCUT2D eigenvalue weighted by Gasteiger charge is 2.18. The average molecular weight is 652 g/mol. The third-order valence-corrected chi connectivity index (χ3v) is 9.74. The van der Waals surface area contributed by atoms with Crippen molar-refractivity contribution in [3.8, 4) is 56.4 Å². The normalized spacial score (nSPS) is 11.5. The van der Waals surface area contributed by atoms with Crippen molar-refractivity contribution in [2.24, 2.45) is 0 Å². The summed E-state index contributed by atoms with van der Waals surface area (Å²) in [5.74, 6) is 1.85. The van der Waals surface area contributed by atoms with Crippen LogP contribution in [-0.2, 0) is 0 Å². The minimum atomic E-state index is 0.603. The quantitative estimate of drug-likeness (QED) is 0.174. The largest absolute Gasteiger partial charge is 0.456 e. The Morgan fingerprint density at radius 3 is 1.67 bits per heavy atom. The van der Waals surface area contributed by atoms with E-state index in [2.05, 4.69) is 127 Å². The lowest BCUT2D eigenvalue weighted by molar-refractivity contribution is 0.669. The number of hydrogen-bond donors (Lipinski definition) is 0. The molecule has 0 atom stereocenters. The first-order valence-electron chi connectivity index (χ1n) is 17.1. The van der Waals surface area contributed by atoms with Crippen LogP contribution < -0.4 is 0 Å². The first kappa shape index (κ1) is 29.0. The van der Waals surface area contributed by atoms with Gasteiger partial charge in [0.15, 0.2) is 17.5 Å². The molecule has 8 aromatic carbocycles. The number of benzene rings is 8. The highest BCUT2D eigenvalue weighted by molar-refractivity contribution is 6.13. The molecule has 4 heteroatoms. The molecule has 0 aliphatic rings. The maximum absolute atomic E-state index is 6.52. The predicted molar refractivity (Wildman–Crippen MR) is 209 cm³/mol. The Kier molecular flexibility index (Phi) is 6.78. The van der Waals surface area contributed by atoms with Crippen molar-refractivity contribution in [3.63, 3.8) is 0 Å². The van der Waals surface area contributed by atoms with Crippen LogP contribution in [-0.4, -0.2) is 15.0 Å². The summed E-state index contributed by atoms with van der Waals surface area (Å²) in [7, 11) is 0. The van der Waals surface area contributed by atoms with Crippen molar-refractivity contribution >= 4 is 43.5 Å².